The summed E-state index contributed by atoms with van der Waals surface area (Å²) in [6.07, 6.45) is 1.39. The molecular weight excluding hydrogens is 377 g/mol. The van der Waals surface area contributed by atoms with Gasteiger partial charge in [-0.15, -0.1) is 11.3 Å². The summed E-state index contributed by atoms with van der Waals surface area (Å²) < 4.78 is 13.3. The second-order valence-corrected chi connectivity index (χ2v) is 7.82. The van der Waals surface area contributed by atoms with Crippen LogP contribution in [0.15, 0.2) is 48.5 Å². The van der Waals surface area contributed by atoms with Crippen molar-refractivity contribution >= 4 is 34.0 Å². The standard InChI is InChI=1S/C21H18FN3O2S/c1-12-5-7-13(8-6-12)19(26)25-21-24-18-16(9-10-17(18)28-21)20(27)23-15-4-2-3-14(22)11-15/h2-8,11,16H,9-10H2,1H3,(H,23,27)(H,24,25,26). The number of hydrogen-bond donors (Lipinski definition) is 2. The van der Waals surface area contributed by atoms with E-state index in [1.54, 1.807) is 24.3 Å². The normalized spacial score (nSPS) is 15.1. The zero-order valence-corrected chi connectivity index (χ0v) is 16.0. The highest BCUT2D eigenvalue weighted by Crippen LogP contribution is 2.39. The maximum absolute atomic E-state index is 13.3. The number of benzene rings is 2. The zero-order chi connectivity index (χ0) is 19.7. The molecule has 4 rings (SSSR count). The molecule has 1 aliphatic carbocycles. The second-order valence-electron chi connectivity index (χ2n) is 6.74. The molecule has 0 spiro atoms. The first-order valence-electron chi connectivity index (χ1n) is 8.93. The van der Waals surface area contributed by atoms with Gasteiger partial charge >= 0.3 is 0 Å². The predicted molar refractivity (Wildman–Crippen MR) is 107 cm³/mol. The summed E-state index contributed by atoms with van der Waals surface area (Å²) in [5.41, 5.74) is 2.75. The minimum absolute atomic E-state index is 0.217. The van der Waals surface area contributed by atoms with E-state index in [0.29, 0.717) is 28.5 Å². The number of amides is 2. The third-order valence-electron chi connectivity index (χ3n) is 4.66. The van der Waals surface area contributed by atoms with E-state index >= 15 is 0 Å². The van der Waals surface area contributed by atoms with Gasteiger partial charge in [-0.1, -0.05) is 23.8 Å². The largest absolute Gasteiger partial charge is 0.325 e. The lowest BCUT2D eigenvalue weighted by molar-refractivity contribution is -0.117. The molecule has 0 bridgehead atoms. The third-order valence-corrected chi connectivity index (χ3v) is 5.71. The van der Waals surface area contributed by atoms with Crippen molar-refractivity contribution in [3.63, 3.8) is 0 Å². The van der Waals surface area contributed by atoms with Gasteiger partial charge in [-0.3, -0.25) is 14.9 Å². The molecule has 0 saturated heterocycles. The molecule has 2 N–H and O–H groups in total. The number of anilines is 2. The Labute approximate surface area is 165 Å². The third kappa shape index (κ3) is 3.80. The van der Waals surface area contributed by atoms with Crippen molar-refractivity contribution in [3.05, 3.63) is 76.0 Å². The summed E-state index contributed by atoms with van der Waals surface area (Å²) in [5.74, 6) is -1.25. The number of fused-ring (bicyclic) bond motifs is 1. The first-order chi connectivity index (χ1) is 13.5. The van der Waals surface area contributed by atoms with E-state index in [0.717, 1.165) is 16.9 Å². The maximum Gasteiger partial charge on any atom is 0.257 e. The Morgan fingerprint density at radius 2 is 1.93 bits per heavy atom. The fourth-order valence-electron chi connectivity index (χ4n) is 3.21. The summed E-state index contributed by atoms with van der Waals surface area (Å²) in [7, 11) is 0. The molecule has 1 aliphatic rings. The van der Waals surface area contributed by atoms with Gasteiger partial charge < -0.3 is 5.32 Å². The summed E-state index contributed by atoms with van der Waals surface area (Å²) in [4.78, 5) is 30.5. The van der Waals surface area contributed by atoms with Gasteiger partial charge in [0.2, 0.25) is 5.91 Å². The van der Waals surface area contributed by atoms with E-state index in [2.05, 4.69) is 15.6 Å². The monoisotopic (exact) mass is 395 g/mol. The summed E-state index contributed by atoms with van der Waals surface area (Å²) in [6.45, 7) is 1.96. The number of aromatic nitrogens is 1. The molecule has 2 aromatic carbocycles. The molecule has 0 saturated carbocycles. The first-order valence-corrected chi connectivity index (χ1v) is 9.75. The molecule has 0 fully saturated rings. The average molecular weight is 395 g/mol. The fourth-order valence-corrected chi connectivity index (χ4v) is 4.24. The smallest absolute Gasteiger partial charge is 0.257 e. The Balaban J connectivity index is 1.47. The Kier molecular flexibility index (Phi) is 4.92. The van der Waals surface area contributed by atoms with Crippen molar-refractivity contribution in [2.24, 2.45) is 0 Å². The van der Waals surface area contributed by atoms with Crippen molar-refractivity contribution in [2.75, 3.05) is 10.6 Å². The minimum Gasteiger partial charge on any atom is -0.325 e. The Morgan fingerprint density at radius 1 is 1.14 bits per heavy atom. The summed E-state index contributed by atoms with van der Waals surface area (Å²) >= 11 is 1.39. The van der Waals surface area contributed by atoms with Crippen molar-refractivity contribution < 1.29 is 14.0 Å². The molecule has 142 valence electrons. The molecule has 5 nitrogen and oxygen atoms in total. The highest BCUT2D eigenvalue weighted by molar-refractivity contribution is 7.16. The summed E-state index contributed by atoms with van der Waals surface area (Å²) in [5, 5.41) is 6.04. The van der Waals surface area contributed by atoms with Crippen molar-refractivity contribution in [3.8, 4) is 0 Å². The van der Waals surface area contributed by atoms with E-state index < -0.39 is 11.7 Å². The predicted octanol–water partition coefficient (Wildman–Crippen LogP) is 4.51. The number of halogens is 1. The molecule has 7 heteroatoms. The molecule has 1 unspecified atom stereocenters. The van der Waals surface area contributed by atoms with Crippen LogP contribution in [0, 0.1) is 12.7 Å². The van der Waals surface area contributed by atoms with E-state index in [1.807, 2.05) is 19.1 Å². The minimum atomic E-state index is -0.403. The number of hydrogen-bond acceptors (Lipinski definition) is 4. The number of nitrogens with one attached hydrogen (secondary N) is 2. The Hall–Kier alpha value is -3.06. The molecule has 0 radical (unpaired) electrons. The van der Waals surface area contributed by atoms with Crippen molar-refractivity contribution in [2.45, 2.75) is 25.7 Å². The highest BCUT2D eigenvalue weighted by atomic mass is 32.1. The highest BCUT2D eigenvalue weighted by Gasteiger charge is 2.33. The average Bonchev–Trinajstić information content (AvgIpc) is 3.22. The Bertz CT molecular complexity index is 1050. The van der Waals surface area contributed by atoms with Crippen molar-refractivity contribution in [1.82, 2.24) is 4.98 Å². The van der Waals surface area contributed by atoms with Gasteiger partial charge in [0.05, 0.1) is 11.6 Å². The van der Waals surface area contributed by atoms with Crippen LogP contribution in [-0.4, -0.2) is 16.8 Å². The molecule has 3 aromatic rings. The van der Waals surface area contributed by atoms with Gasteiger partial charge in [0.1, 0.15) is 5.82 Å². The van der Waals surface area contributed by atoms with Crippen LogP contribution in [0.4, 0.5) is 15.2 Å². The van der Waals surface area contributed by atoms with Gasteiger partial charge in [0.25, 0.3) is 5.91 Å². The quantitative estimate of drug-likeness (QED) is 0.683. The van der Waals surface area contributed by atoms with Gasteiger partial charge in [-0.2, -0.15) is 0 Å². The van der Waals surface area contributed by atoms with E-state index in [-0.39, 0.29) is 11.8 Å². The van der Waals surface area contributed by atoms with Crippen LogP contribution in [-0.2, 0) is 11.2 Å². The molecule has 28 heavy (non-hydrogen) atoms. The lowest BCUT2D eigenvalue weighted by Gasteiger charge is -2.10. The van der Waals surface area contributed by atoms with Crippen LogP contribution in [0.25, 0.3) is 0 Å². The SMILES string of the molecule is Cc1ccc(C(=O)Nc2nc3c(s2)CCC3C(=O)Nc2cccc(F)c2)cc1. The van der Waals surface area contributed by atoms with Crippen LogP contribution >= 0.6 is 11.3 Å². The van der Waals surface area contributed by atoms with Crippen LogP contribution in [0.2, 0.25) is 0 Å². The van der Waals surface area contributed by atoms with Gasteiger partial charge in [0.15, 0.2) is 5.13 Å². The molecule has 1 heterocycles. The van der Waals surface area contributed by atoms with Crippen LogP contribution in [0.5, 0.6) is 0 Å². The number of nitrogens with zero attached hydrogens (tertiary/aromatic N) is 1. The lowest BCUT2D eigenvalue weighted by Crippen LogP contribution is -2.20. The maximum atomic E-state index is 13.3. The van der Waals surface area contributed by atoms with Gasteiger partial charge in [-0.05, 0) is 50.1 Å². The van der Waals surface area contributed by atoms with Crippen LogP contribution in [0.3, 0.4) is 0 Å². The van der Waals surface area contributed by atoms with E-state index in [1.165, 1.54) is 23.5 Å². The van der Waals surface area contributed by atoms with E-state index in [9.17, 15) is 14.0 Å². The number of aryl methyl sites for hydroxylation is 2. The first kappa shape index (κ1) is 18.3. The van der Waals surface area contributed by atoms with Gasteiger partial charge in [0, 0.05) is 16.1 Å². The number of rotatable bonds is 4. The van der Waals surface area contributed by atoms with Crippen LogP contribution in [0.1, 0.15) is 38.8 Å². The van der Waals surface area contributed by atoms with Gasteiger partial charge in [-0.25, -0.2) is 9.37 Å². The molecule has 1 aromatic heterocycles. The topological polar surface area (TPSA) is 71.1 Å². The zero-order valence-electron chi connectivity index (χ0n) is 15.2. The second kappa shape index (κ2) is 7.52. The fraction of sp³-hybridized carbons (Fsp3) is 0.190. The Morgan fingerprint density at radius 3 is 2.68 bits per heavy atom. The summed E-state index contributed by atoms with van der Waals surface area (Å²) in [6, 6.07) is 13.1. The molecule has 0 aliphatic heterocycles. The van der Waals surface area contributed by atoms with E-state index in [4.69, 9.17) is 0 Å². The van der Waals surface area contributed by atoms with Crippen LogP contribution < -0.4 is 10.6 Å². The molecule has 1 atom stereocenters. The molecular formula is C21H18FN3O2S. The number of carbonyl (C=O) groups is 2. The lowest BCUT2D eigenvalue weighted by atomic mass is 10.1. The van der Waals surface area contributed by atoms with Crippen molar-refractivity contribution in [1.29, 1.82) is 0 Å². The molecule has 2 amide bonds. The number of thiazole rings is 1. The number of carbonyl (C=O) groups excluding carboxylic acids is 2.